The van der Waals surface area contributed by atoms with Gasteiger partial charge in [0.15, 0.2) is 12.1 Å². The fourth-order valence-electron chi connectivity index (χ4n) is 3.27. The third-order valence-electron chi connectivity index (χ3n) is 4.51. The van der Waals surface area contributed by atoms with E-state index >= 15 is 0 Å². The Kier molecular flexibility index (Phi) is 4.12. The predicted octanol–water partition coefficient (Wildman–Crippen LogP) is 2.29. The van der Waals surface area contributed by atoms with E-state index in [4.69, 9.17) is 14.1 Å². The van der Waals surface area contributed by atoms with Crippen molar-refractivity contribution < 1.29 is 14.1 Å². The number of nitrogens with zero attached hydrogens (tertiary/aromatic N) is 4. The minimum atomic E-state index is -0.480. The number of hydrogen-bond acceptors (Lipinski definition) is 8. The van der Waals surface area contributed by atoms with Crippen LogP contribution in [0.2, 0.25) is 0 Å². The van der Waals surface area contributed by atoms with Gasteiger partial charge in [-0.2, -0.15) is 10.4 Å². The summed E-state index contributed by atoms with van der Waals surface area (Å²) in [4.78, 5) is 0. The van der Waals surface area contributed by atoms with Crippen LogP contribution in [-0.2, 0) is 9.47 Å². The largest absolute Gasteiger partial charge is 0.356 e. The molecule has 1 aliphatic heterocycles. The van der Waals surface area contributed by atoms with Crippen molar-refractivity contribution in [1.82, 2.24) is 20.5 Å². The number of ether oxygens (including phenoxy) is 2. The topological polar surface area (TPSA) is 122 Å². The highest BCUT2D eigenvalue weighted by atomic mass is 16.7. The van der Waals surface area contributed by atoms with Crippen LogP contribution in [0, 0.1) is 11.3 Å². The molecule has 0 aliphatic carbocycles. The summed E-state index contributed by atoms with van der Waals surface area (Å²) in [6, 6.07) is 7.93. The first-order valence-corrected chi connectivity index (χ1v) is 7.97. The van der Waals surface area contributed by atoms with Crippen LogP contribution in [-0.4, -0.2) is 41.0 Å². The fourth-order valence-corrected chi connectivity index (χ4v) is 3.27. The normalized spacial score (nSPS) is 16.6. The zero-order chi connectivity index (χ0) is 18.1. The van der Waals surface area contributed by atoms with Crippen LogP contribution in [0.25, 0.3) is 11.0 Å². The van der Waals surface area contributed by atoms with Crippen molar-refractivity contribution in [2.75, 3.05) is 19.5 Å². The van der Waals surface area contributed by atoms with Gasteiger partial charge in [-0.05, 0) is 21.9 Å². The maximum absolute atomic E-state index is 9.92. The maximum atomic E-state index is 9.92. The molecule has 0 saturated heterocycles. The van der Waals surface area contributed by atoms with Gasteiger partial charge in [0.25, 0.3) is 0 Å². The van der Waals surface area contributed by atoms with Gasteiger partial charge >= 0.3 is 0 Å². The van der Waals surface area contributed by atoms with E-state index in [-0.39, 0.29) is 5.92 Å². The molecule has 0 radical (unpaired) electrons. The van der Waals surface area contributed by atoms with E-state index in [1.54, 1.807) is 20.4 Å². The Hall–Kier alpha value is -3.22. The van der Waals surface area contributed by atoms with E-state index in [9.17, 15) is 5.26 Å². The Bertz CT molecular complexity index is 1010. The van der Waals surface area contributed by atoms with Crippen LogP contribution in [0.4, 0.5) is 5.82 Å². The average molecular weight is 352 g/mol. The lowest BCUT2D eigenvalue weighted by Crippen LogP contribution is -2.23. The van der Waals surface area contributed by atoms with Crippen molar-refractivity contribution in [3.8, 4) is 6.07 Å². The van der Waals surface area contributed by atoms with Crippen molar-refractivity contribution in [1.29, 1.82) is 5.26 Å². The molecule has 3 heterocycles. The molecule has 26 heavy (non-hydrogen) atoms. The molecule has 1 atom stereocenters. The Morgan fingerprint density at radius 1 is 1.27 bits per heavy atom. The lowest BCUT2D eigenvalue weighted by molar-refractivity contribution is -0.100. The van der Waals surface area contributed by atoms with Crippen molar-refractivity contribution in [2.45, 2.75) is 18.6 Å². The smallest absolute Gasteiger partial charge is 0.162 e. The first-order chi connectivity index (χ1) is 12.8. The van der Waals surface area contributed by atoms with Crippen molar-refractivity contribution in [3.05, 3.63) is 46.8 Å². The molecule has 0 fully saturated rings. The van der Waals surface area contributed by atoms with E-state index in [0.29, 0.717) is 34.5 Å². The molecule has 4 rings (SSSR count). The molecule has 132 valence electrons. The Balaban J connectivity index is 1.89. The van der Waals surface area contributed by atoms with Crippen LogP contribution in [0.5, 0.6) is 0 Å². The molecule has 1 unspecified atom stereocenters. The number of anilines is 1. The zero-order valence-corrected chi connectivity index (χ0v) is 14.2. The van der Waals surface area contributed by atoms with E-state index < -0.39 is 6.29 Å². The molecule has 1 aliphatic rings. The third-order valence-corrected chi connectivity index (χ3v) is 4.51. The predicted molar refractivity (Wildman–Crippen MR) is 90.9 cm³/mol. The summed E-state index contributed by atoms with van der Waals surface area (Å²) in [5.41, 5.74) is 4.18. The highest BCUT2D eigenvalue weighted by Gasteiger charge is 2.33. The average Bonchev–Trinajstić information content (AvgIpc) is 3.33. The number of H-pyrrole nitrogens is 1. The minimum Gasteiger partial charge on any atom is -0.356 e. The zero-order valence-electron chi connectivity index (χ0n) is 14.2. The SMILES string of the molecule is COC(CC1=C(C#N)C(c2cccc3nonc23)c2c[nH]nc2N1)OC. The van der Waals surface area contributed by atoms with Gasteiger partial charge in [-0.15, -0.1) is 0 Å². The molecular formula is C17H16N6O3. The number of aromatic amines is 1. The molecule has 1 aromatic carbocycles. The van der Waals surface area contributed by atoms with Crippen LogP contribution >= 0.6 is 0 Å². The van der Waals surface area contributed by atoms with Gasteiger partial charge in [-0.25, -0.2) is 4.63 Å². The Morgan fingerprint density at radius 2 is 2.12 bits per heavy atom. The van der Waals surface area contributed by atoms with Gasteiger partial charge in [0.1, 0.15) is 11.0 Å². The molecule has 0 spiro atoms. The second-order valence-electron chi connectivity index (χ2n) is 5.84. The highest BCUT2D eigenvalue weighted by Crippen LogP contribution is 2.43. The maximum Gasteiger partial charge on any atom is 0.162 e. The summed E-state index contributed by atoms with van der Waals surface area (Å²) < 4.78 is 15.5. The number of hydrogen-bond donors (Lipinski definition) is 2. The number of allylic oxidation sites excluding steroid dienone is 1. The summed E-state index contributed by atoms with van der Waals surface area (Å²) in [5.74, 6) is 0.304. The summed E-state index contributed by atoms with van der Waals surface area (Å²) in [6.45, 7) is 0. The van der Waals surface area contributed by atoms with Gasteiger partial charge < -0.3 is 14.8 Å². The number of aromatic nitrogens is 4. The number of methoxy groups -OCH3 is 2. The van der Waals surface area contributed by atoms with Crippen molar-refractivity contribution >= 4 is 16.9 Å². The van der Waals surface area contributed by atoms with E-state index in [0.717, 1.165) is 11.1 Å². The first-order valence-electron chi connectivity index (χ1n) is 7.97. The summed E-state index contributed by atoms with van der Waals surface area (Å²) in [7, 11) is 3.12. The molecule has 2 N–H and O–H groups in total. The fraction of sp³-hybridized carbons (Fsp3) is 0.294. The quantitative estimate of drug-likeness (QED) is 0.671. The van der Waals surface area contributed by atoms with Crippen LogP contribution in [0.1, 0.15) is 23.5 Å². The standard InChI is InChI=1S/C17H16N6O3/c1-24-14(25-2)6-13-10(7-18)15(11-8-19-21-17(11)20-13)9-4-3-5-12-16(9)23-26-22-12/h3-5,8,14-15H,6H2,1-2H3,(H2,19,20,21). The van der Waals surface area contributed by atoms with E-state index in [2.05, 4.69) is 31.9 Å². The van der Waals surface area contributed by atoms with Crippen LogP contribution < -0.4 is 5.32 Å². The minimum absolute atomic E-state index is 0.352. The molecule has 0 saturated carbocycles. The first kappa shape index (κ1) is 16.3. The second kappa shape index (κ2) is 6.59. The van der Waals surface area contributed by atoms with Crippen LogP contribution in [0.3, 0.4) is 0 Å². The van der Waals surface area contributed by atoms with E-state index in [1.807, 2.05) is 18.2 Å². The number of nitriles is 1. The van der Waals surface area contributed by atoms with Crippen molar-refractivity contribution in [3.63, 3.8) is 0 Å². The second-order valence-corrected chi connectivity index (χ2v) is 5.84. The molecule has 2 aromatic heterocycles. The van der Waals surface area contributed by atoms with Crippen molar-refractivity contribution in [2.24, 2.45) is 0 Å². The molecule has 9 nitrogen and oxygen atoms in total. The monoisotopic (exact) mass is 352 g/mol. The van der Waals surface area contributed by atoms with Gasteiger partial charge in [0.05, 0.1) is 17.6 Å². The summed E-state index contributed by atoms with van der Waals surface area (Å²) >= 11 is 0. The Labute approximate surface area is 148 Å². The molecular weight excluding hydrogens is 336 g/mol. The Morgan fingerprint density at radius 3 is 2.88 bits per heavy atom. The summed E-state index contributed by atoms with van der Waals surface area (Å²) in [6.07, 6.45) is 1.68. The van der Waals surface area contributed by atoms with Gasteiger partial charge in [-0.1, -0.05) is 12.1 Å². The third kappa shape index (κ3) is 2.52. The van der Waals surface area contributed by atoms with Gasteiger partial charge in [-0.3, -0.25) is 5.10 Å². The van der Waals surface area contributed by atoms with Crippen LogP contribution in [0.15, 0.2) is 40.3 Å². The molecule has 3 aromatic rings. The molecule has 0 bridgehead atoms. The lowest BCUT2D eigenvalue weighted by atomic mass is 9.82. The number of rotatable bonds is 5. The number of nitrogens with one attached hydrogen (secondary N) is 2. The van der Waals surface area contributed by atoms with E-state index in [1.165, 1.54) is 0 Å². The highest BCUT2D eigenvalue weighted by molar-refractivity contribution is 5.80. The van der Waals surface area contributed by atoms with Gasteiger partial charge in [0.2, 0.25) is 0 Å². The lowest BCUT2D eigenvalue weighted by Gasteiger charge is -2.27. The molecule has 9 heteroatoms. The summed E-state index contributed by atoms with van der Waals surface area (Å²) in [5, 5.41) is 28.2. The number of fused-ring (bicyclic) bond motifs is 2. The molecule has 0 amide bonds. The van der Waals surface area contributed by atoms with Gasteiger partial charge in [0, 0.05) is 38.1 Å². The number of benzene rings is 1.